The Hall–Kier alpha value is -4.62. The molecule has 46 heavy (non-hydrogen) atoms. The maximum absolute atomic E-state index is 13.6. The molecule has 2 bridgehead atoms. The minimum atomic E-state index is -0.652. The van der Waals surface area contributed by atoms with Crippen molar-refractivity contribution in [1.82, 2.24) is 4.98 Å². The Morgan fingerprint density at radius 2 is 1.54 bits per heavy atom. The number of aryl methyl sites for hydroxylation is 3. The number of fused-ring (bicyclic) bond motifs is 1. The molecule has 6 unspecified atom stereocenters. The molecule has 1 saturated heterocycles. The molecule has 3 fully saturated rings. The van der Waals surface area contributed by atoms with Gasteiger partial charge in [0.05, 0.1) is 34.3 Å². The Labute approximate surface area is 271 Å². The number of hydrogen-bond donors (Lipinski definition) is 0. The van der Waals surface area contributed by atoms with E-state index in [1.54, 1.807) is 54.6 Å². The van der Waals surface area contributed by atoms with E-state index in [1.807, 2.05) is 26.8 Å². The van der Waals surface area contributed by atoms with Crippen LogP contribution in [0.15, 0.2) is 72.8 Å². The second-order valence-electron chi connectivity index (χ2n) is 13.1. The van der Waals surface area contributed by atoms with Crippen LogP contribution in [0.5, 0.6) is 0 Å². The number of ketones is 1. The zero-order valence-corrected chi connectivity index (χ0v) is 26.4. The minimum Gasteiger partial charge on any atom is -0.454 e. The van der Waals surface area contributed by atoms with Gasteiger partial charge in [-0.1, -0.05) is 54.1 Å². The molecule has 4 aromatic rings. The molecular formula is C38H31ClN2O5. The predicted octanol–water partition coefficient (Wildman–Crippen LogP) is 7.08. The van der Waals surface area contributed by atoms with E-state index < -0.39 is 12.6 Å². The lowest BCUT2D eigenvalue weighted by atomic mass is 9.63. The van der Waals surface area contributed by atoms with Gasteiger partial charge in [-0.15, -0.1) is 0 Å². The van der Waals surface area contributed by atoms with Crippen LogP contribution in [-0.2, 0) is 14.3 Å². The van der Waals surface area contributed by atoms with Crippen LogP contribution >= 0.6 is 11.6 Å². The van der Waals surface area contributed by atoms with Gasteiger partial charge in [0.15, 0.2) is 12.4 Å². The standard InChI is InChI=1S/C38H31ClN2O5/c1-18-4-5-22(14-19(18)2)32(42)17-46-38(45)29-16-31(40-35-20(3)30(39)13-12-26(29)35)21-6-8-23(9-7-21)41-36(43)33-24-10-11-25(28-15-27(24)28)34(33)37(41)44/h4-14,16,24-25,27-28,33-34H,15,17H2,1-3H3. The summed E-state index contributed by atoms with van der Waals surface area (Å²) in [5.74, 6) is -0.303. The molecule has 0 radical (unpaired) electrons. The number of halogens is 1. The summed E-state index contributed by atoms with van der Waals surface area (Å²) in [6.45, 7) is 5.33. The van der Waals surface area contributed by atoms with Gasteiger partial charge in [0.2, 0.25) is 11.8 Å². The Morgan fingerprint density at radius 3 is 2.20 bits per heavy atom. The number of imide groups is 1. The number of nitrogens with zero attached hydrogens (tertiary/aromatic N) is 2. The minimum absolute atomic E-state index is 0.109. The van der Waals surface area contributed by atoms with Gasteiger partial charge in [0, 0.05) is 21.5 Å². The third-order valence-electron chi connectivity index (χ3n) is 10.6. The summed E-state index contributed by atoms with van der Waals surface area (Å²) >= 11 is 6.45. The van der Waals surface area contributed by atoms with E-state index in [4.69, 9.17) is 21.3 Å². The Kier molecular flexibility index (Phi) is 6.55. The number of ether oxygens (including phenoxy) is 1. The number of anilines is 1. The fourth-order valence-electron chi connectivity index (χ4n) is 7.92. The smallest absolute Gasteiger partial charge is 0.339 e. The molecule has 3 aromatic carbocycles. The van der Waals surface area contributed by atoms with Crippen molar-refractivity contribution in [2.75, 3.05) is 11.5 Å². The number of Topliss-reactive ketones (excluding diaryl/α,β-unsaturated/α-hetero) is 1. The lowest BCUT2D eigenvalue weighted by Crippen LogP contribution is -2.40. The van der Waals surface area contributed by atoms with Crippen molar-refractivity contribution >= 4 is 51.8 Å². The topological polar surface area (TPSA) is 93.6 Å². The number of aromatic nitrogens is 1. The summed E-state index contributed by atoms with van der Waals surface area (Å²) in [4.78, 5) is 59.8. The third kappa shape index (κ3) is 4.36. The first-order chi connectivity index (χ1) is 22.1. The molecule has 2 saturated carbocycles. The summed E-state index contributed by atoms with van der Waals surface area (Å²) < 4.78 is 5.54. The summed E-state index contributed by atoms with van der Waals surface area (Å²) in [5, 5.41) is 1.06. The largest absolute Gasteiger partial charge is 0.454 e. The first kappa shape index (κ1) is 28.8. The second-order valence-corrected chi connectivity index (χ2v) is 13.5. The number of carbonyl (C=O) groups excluding carboxylic acids is 4. The van der Waals surface area contributed by atoms with Crippen molar-refractivity contribution in [3.05, 3.63) is 106 Å². The van der Waals surface area contributed by atoms with Gasteiger partial charge in [-0.05, 0) is 97.9 Å². The zero-order valence-electron chi connectivity index (χ0n) is 25.6. The van der Waals surface area contributed by atoms with Gasteiger partial charge in [0.25, 0.3) is 0 Å². The molecule has 9 rings (SSSR count). The van der Waals surface area contributed by atoms with Crippen LogP contribution in [0, 0.1) is 56.3 Å². The van der Waals surface area contributed by atoms with Gasteiger partial charge < -0.3 is 4.74 Å². The maximum Gasteiger partial charge on any atom is 0.339 e. The molecule has 230 valence electrons. The van der Waals surface area contributed by atoms with E-state index in [0.29, 0.717) is 55.8 Å². The second kappa shape index (κ2) is 10.5. The van der Waals surface area contributed by atoms with Crippen molar-refractivity contribution in [3.63, 3.8) is 0 Å². The highest BCUT2D eigenvalue weighted by Gasteiger charge is 2.67. The molecule has 0 spiro atoms. The summed E-state index contributed by atoms with van der Waals surface area (Å²) in [6.07, 6.45) is 5.45. The van der Waals surface area contributed by atoms with E-state index in [-0.39, 0.29) is 46.8 Å². The van der Waals surface area contributed by atoms with Crippen molar-refractivity contribution in [3.8, 4) is 11.3 Å². The number of amides is 2. The zero-order chi connectivity index (χ0) is 32.0. The normalized spacial score (nSPS) is 25.5. The van der Waals surface area contributed by atoms with Crippen LogP contribution in [0.2, 0.25) is 5.02 Å². The Bertz CT molecular complexity index is 2010. The molecule has 7 nitrogen and oxygen atoms in total. The third-order valence-corrected chi connectivity index (χ3v) is 11.0. The Balaban J connectivity index is 1.09. The van der Waals surface area contributed by atoms with Crippen LogP contribution in [0.25, 0.3) is 22.2 Å². The number of allylic oxidation sites excluding steroid dienone is 2. The van der Waals surface area contributed by atoms with Gasteiger partial charge in [-0.3, -0.25) is 19.3 Å². The quantitative estimate of drug-likeness (QED) is 0.0978. The molecule has 4 aliphatic carbocycles. The van der Waals surface area contributed by atoms with E-state index in [1.165, 1.54) is 4.90 Å². The number of hydrogen-bond acceptors (Lipinski definition) is 6. The molecular weight excluding hydrogens is 600 g/mol. The molecule has 1 aliphatic heterocycles. The fraction of sp³-hybridized carbons (Fsp3) is 0.289. The van der Waals surface area contributed by atoms with Gasteiger partial charge in [-0.2, -0.15) is 0 Å². The van der Waals surface area contributed by atoms with Crippen LogP contribution in [-0.4, -0.2) is 35.2 Å². The van der Waals surface area contributed by atoms with Crippen LogP contribution in [0.4, 0.5) is 5.69 Å². The number of pyridine rings is 1. The summed E-state index contributed by atoms with van der Waals surface area (Å²) in [7, 11) is 0. The molecule has 5 aliphatic rings. The van der Waals surface area contributed by atoms with Gasteiger partial charge in [-0.25, -0.2) is 9.78 Å². The van der Waals surface area contributed by atoms with Gasteiger partial charge in [0.1, 0.15) is 0 Å². The van der Waals surface area contributed by atoms with Crippen molar-refractivity contribution in [2.24, 2.45) is 35.5 Å². The molecule has 1 aromatic heterocycles. The lowest BCUT2D eigenvalue weighted by Gasteiger charge is -2.37. The van der Waals surface area contributed by atoms with Crippen LogP contribution in [0.1, 0.15) is 43.8 Å². The highest BCUT2D eigenvalue weighted by molar-refractivity contribution is 6.32. The molecule has 2 heterocycles. The average molecular weight is 631 g/mol. The van der Waals surface area contributed by atoms with E-state index >= 15 is 0 Å². The monoisotopic (exact) mass is 630 g/mol. The number of rotatable bonds is 6. The maximum atomic E-state index is 13.6. The van der Waals surface area contributed by atoms with Crippen LogP contribution < -0.4 is 4.90 Å². The van der Waals surface area contributed by atoms with Gasteiger partial charge >= 0.3 is 5.97 Å². The molecule has 0 N–H and O–H groups in total. The van der Waals surface area contributed by atoms with E-state index in [9.17, 15) is 19.2 Å². The fourth-order valence-corrected chi connectivity index (χ4v) is 8.07. The number of esters is 1. The molecule has 2 amide bonds. The van der Waals surface area contributed by atoms with Crippen LogP contribution in [0.3, 0.4) is 0 Å². The first-order valence-corrected chi connectivity index (χ1v) is 16.0. The highest BCUT2D eigenvalue weighted by Crippen LogP contribution is 2.65. The Morgan fingerprint density at radius 1 is 0.870 bits per heavy atom. The summed E-state index contributed by atoms with van der Waals surface area (Å²) in [5.41, 5.74) is 5.75. The number of benzene rings is 3. The number of carbonyl (C=O) groups is 4. The lowest BCUT2D eigenvalue weighted by molar-refractivity contribution is -0.124. The molecule has 6 atom stereocenters. The predicted molar refractivity (Wildman–Crippen MR) is 175 cm³/mol. The van der Waals surface area contributed by atoms with Crippen molar-refractivity contribution < 1.29 is 23.9 Å². The first-order valence-electron chi connectivity index (χ1n) is 15.7. The van der Waals surface area contributed by atoms with E-state index in [2.05, 4.69) is 12.2 Å². The van der Waals surface area contributed by atoms with E-state index in [0.717, 1.165) is 17.5 Å². The SMILES string of the molecule is Cc1ccc(C(=O)COC(=O)c2cc(-c3ccc(N4C(=O)C5C6C=CC(C7CC67)C5C4=O)cc3)nc3c(C)c(Cl)ccc23)cc1C. The van der Waals surface area contributed by atoms with Crippen molar-refractivity contribution in [1.29, 1.82) is 0 Å². The summed E-state index contributed by atoms with van der Waals surface area (Å²) in [6, 6.07) is 17.6. The highest BCUT2D eigenvalue weighted by atomic mass is 35.5. The average Bonchev–Trinajstić information content (AvgIpc) is 3.84. The van der Waals surface area contributed by atoms with Crippen molar-refractivity contribution in [2.45, 2.75) is 27.2 Å². The molecule has 8 heteroatoms.